The molecule has 9 atom stereocenters. The van der Waals surface area contributed by atoms with Gasteiger partial charge < -0.3 is 5.32 Å². The van der Waals surface area contributed by atoms with Gasteiger partial charge in [-0.25, -0.2) is 4.98 Å². The number of hydrogen-bond acceptors (Lipinski definition) is 3. The molecule has 0 unspecified atom stereocenters. The highest BCUT2D eigenvalue weighted by molar-refractivity contribution is 5.86. The van der Waals surface area contributed by atoms with E-state index in [1.807, 2.05) is 6.20 Å². The minimum absolute atomic E-state index is 0.208. The summed E-state index contributed by atoms with van der Waals surface area (Å²) in [5.74, 6) is 3.28. The highest BCUT2D eigenvalue weighted by Crippen LogP contribution is 2.76. The number of carbonyl (C=O) groups is 1. The molecule has 1 aromatic rings. The van der Waals surface area contributed by atoms with Crippen molar-refractivity contribution < 1.29 is 4.79 Å². The summed E-state index contributed by atoms with van der Waals surface area (Å²) in [6, 6.07) is 0. The van der Waals surface area contributed by atoms with Gasteiger partial charge in [0.2, 0.25) is 5.91 Å². The van der Waals surface area contributed by atoms with E-state index in [2.05, 4.69) is 58.4 Å². The quantitative estimate of drug-likeness (QED) is 0.423. The molecule has 0 spiro atoms. The first-order chi connectivity index (χ1) is 17.4. The average Bonchev–Trinajstić information content (AvgIpc) is 3.48. The van der Waals surface area contributed by atoms with E-state index in [1.54, 1.807) is 17.1 Å². The van der Waals surface area contributed by atoms with Crippen LogP contribution in [0.15, 0.2) is 30.9 Å². The third-order valence-electron chi connectivity index (χ3n) is 13.8. The van der Waals surface area contributed by atoms with E-state index in [-0.39, 0.29) is 16.4 Å². The molecule has 4 heteroatoms. The molecule has 4 saturated carbocycles. The van der Waals surface area contributed by atoms with E-state index < -0.39 is 0 Å². The maximum atomic E-state index is 14.2. The Morgan fingerprint density at radius 2 is 1.73 bits per heavy atom. The Bertz CT molecular complexity index is 1080. The van der Waals surface area contributed by atoms with Crippen LogP contribution in [0.25, 0.3) is 0 Å². The molecule has 0 aromatic carbocycles. The zero-order valence-electron chi connectivity index (χ0n) is 24.4. The molecule has 0 radical (unpaired) electrons. The van der Waals surface area contributed by atoms with Crippen LogP contribution in [0.2, 0.25) is 0 Å². The molecule has 2 heterocycles. The third-order valence-corrected chi connectivity index (χ3v) is 13.8. The first kappa shape index (κ1) is 25.8. The lowest BCUT2D eigenvalue weighted by Crippen LogP contribution is -2.66. The zero-order chi connectivity index (χ0) is 26.4. The van der Waals surface area contributed by atoms with Crippen molar-refractivity contribution in [3.63, 3.8) is 0 Å². The highest BCUT2D eigenvalue weighted by Gasteiger charge is 2.71. The summed E-state index contributed by atoms with van der Waals surface area (Å²) >= 11 is 0. The van der Waals surface area contributed by atoms with Crippen molar-refractivity contribution in [3.8, 4) is 0 Å². The Hall–Kier alpha value is -1.42. The molecular formula is C33H51N3O. The molecule has 1 N–H and O–H groups in total. The number of rotatable bonds is 2. The summed E-state index contributed by atoms with van der Waals surface area (Å²) in [5, 5.41) is 3.94. The number of nitrogens with zero attached hydrogens (tertiary/aromatic N) is 2. The van der Waals surface area contributed by atoms with E-state index in [1.165, 1.54) is 50.5 Å². The molecule has 204 valence electrons. The maximum absolute atomic E-state index is 14.2. The van der Waals surface area contributed by atoms with Gasteiger partial charge in [-0.2, -0.15) is 0 Å². The van der Waals surface area contributed by atoms with Crippen LogP contribution < -0.4 is 5.32 Å². The molecule has 0 bridgehead atoms. The molecular weight excluding hydrogens is 454 g/mol. The van der Waals surface area contributed by atoms with E-state index >= 15 is 0 Å². The number of fused-ring (bicyclic) bond motifs is 7. The summed E-state index contributed by atoms with van der Waals surface area (Å²) < 4.78 is 1.80. The molecule has 37 heavy (non-hydrogen) atoms. The van der Waals surface area contributed by atoms with E-state index in [0.717, 1.165) is 37.6 Å². The molecule has 4 nitrogen and oxygen atoms in total. The second-order valence-corrected chi connectivity index (χ2v) is 15.4. The molecule has 5 fully saturated rings. The van der Waals surface area contributed by atoms with Gasteiger partial charge in [0.05, 0.1) is 5.41 Å². The molecule has 5 aliphatic rings. The molecule has 0 amide bonds. The van der Waals surface area contributed by atoms with Crippen molar-refractivity contribution in [1.29, 1.82) is 0 Å². The lowest BCUT2D eigenvalue weighted by molar-refractivity contribution is -0.219. The number of hydrogen-bond donors (Lipinski definition) is 1. The SMILES string of the molecule is C=C(C)[C@@H]1CC[C@]2(C(=O)n3ccnc3)CC[C@]3(C)[C@H](CC[C@@H]4[C@@]5(C)CCCNC(C)(C)[C@@H]5CC[C@]43C)[C@@H]12. The Morgan fingerprint density at radius 3 is 2.43 bits per heavy atom. The number of carbonyl (C=O) groups excluding carboxylic acids is 1. The fourth-order valence-corrected chi connectivity index (χ4v) is 12.1. The lowest BCUT2D eigenvalue weighted by Gasteiger charge is -2.71. The Labute approximate surface area is 225 Å². The van der Waals surface area contributed by atoms with Crippen molar-refractivity contribution in [3.05, 3.63) is 30.9 Å². The van der Waals surface area contributed by atoms with Gasteiger partial charge in [-0.3, -0.25) is 9.36 Å². The van der Waals surface area contributed by atoms with E-state index in [0.29, 0.717) is 34.5 Å². The Balaban J connectivity index is 1.42. The van der Waals surface area contributed by atoms with Crippen molar-refractivity contribution in [2.75, 3.05) is 6.54 Å². The van der Waals surface area contributed by atoms with Crippen LogP contribution in [0.3, 0.4) is 0 Å². The summed E-state index contributed by atoms with van der Waals surface area (Å²) in [7, 11) is 0. The van der Waals surface area contributed by atoms with Crippen LogP contribution in [-0.2, 0) is 0 Å². The van der Waals surface area contributed by atoms with Gasteiger partial charge in [-0.05, 0) is 137 Å². The third kappa shape index (κ3) is 3.29. The number of imidazole rings is 1. The van der Waals surface area contributed by atoms with Gasteiger partial charge in [-0.1, -0.05) is 32.9 Å². The van der Waals surface area contributed by atoms with Gasteiger partial charge in [0, 0.05) is 17.9 Å². The minimum Gasteiger partial charge on any atom is -0.311 e. The fraction of sp³-hybridized carbons (Fsp3) is 0.818. The largest absolute Gasteiger partial charge is 0.311 e. The number of allylic oxidation sites excluding steroid dienone is 1. The van der Waals surface area contributed by atoms with Crippen LogP contribution in [-0.4, -0.2) is 27.5 Å². The normalized spacial score (nSPS) is 48.6. The zero-order valence-corrected chi connectivity index (χ0v) is 24.4. The Morgan fingerprint density at radius 1 is 0.946 bits per heavy atom. The standard InChI is InChI=1S/C33H51N3O/c1-22(2)23-11-15-33(28(37)36-20-19-34-21-36)17-16-31(6)24(27(23)33)9-10-26-30(5)13-8-18-35-29(3,4)25(30)12-14-32(26,31)7/h19-21,23-27,35H,1,8-18H2,2-7H3/t23-,24+,25-,26+,27+,30-,31+,32+,33-/m0/s1. The molecule has 1 aromatic heterocycles. The van der Waals surface area contributed by atoms with Gasteiger partial charge >= 0.3 is 0 Å². The van der Waals surface area contributed by atoms with Crippen LogP contribution in [0.4, 0.5) is 0 Å². The van der Waals surface area contributed by atoms with E-state index in [4.69, 9.17) is 0 Å². The summed E-state index contributed by atoms with van der Waals surface area (Å²) in [6.45, 7) is 20.9. The smallest absolute Gasteiger partial charge is 0.238 e. The summed E-state index contributed by atoms with van der Waals surface area (Å²) in [4.78, 5) is 18.5. The Kier molecular flexibility index (Phi) is 5.79. The first-order valence-electron chi connectivity index (χ1n) is 15.3. The fourth-order valence-electron chi connectivity index (χ4n) is 12.1. The van der Waals surface area contributed by atoms with Gasteiger partial charge in [-0.15, -0.1) is 0 Å². The van der Waals surface area contributed by atoms with E-state index in [9.17, 15) is 4.79 Å². The van der Waals surface area contributed by atoms with Crippen LogP contribution in [0.1, 0.15) is 111 Å². The molecule has 1 saturated heterocycles. The molecule has 4 aliphatic carbocycles. The second-order valence-electron chi connectivity index (χ2n) is 15.4. The number of aromatic nitrogens is 2. The second kappa shape index (κ2) is 8.29. The van der Waals surface area contributed by atoms with Crippen LogP contribution in [0.5, 0.6) is 0 Å². The van der Waals surface area contributed by atoms with Crippen molar-refractivity contribution >= 4 is 5.91 Å². The molecule has 1 aliphatic heterocycles. The van der Waals surface area contributed by atoms with Crippen LogP contribution in [0, 0.1) is 51.2 Å². The number of nitrogens with one attached hydrogen (secondary N) is 1. The highest BCUT2D eigenvalue weighted by atomic mass is 16.2. The van der Waals surface area contributed by atoms with Gasteiger partial charge in [0.1, 0.15) is 6.33 Å². The average molecular weight is 506 g/mol. The molecule has 6 rings (SSSR count). The lowest BCUT2D eigenvalue weighted by atomic mass is 9.33. The predicted molar refractivity (Wildman–Crippen MR) is 150 cm³/mol. The monoisotopic (exact) mass is 505 g/mol. The van der Waals surface area contributed by atoms with Gasteiger partial charge in [0.25, 0.3) is 0 Å². The van der Waals surface area contributed by atoms with Gasteiger partial charge in [0.15, 0.2) is 0 Å². The maximum Gasteiger partial charge on any atom is 0.238 e. The minimum atomic E-state index is -0.257. The summed E-state index contributed by atoms with van der Waals surface area (Å²) in [5.41, 5.74) is 2.24. The van der Waals surface area contributed by atoms with Crippen LogP contribution >= 0.6 is 0 Å². The van der Waals surface area contributed by atoms with Crippen molar-refractivity contribution in [2.24, 2.45) is 51.2 Å². The predicted octanol–water partition coefficient (Wildman–Crippen LogP) is 7.52. The van der Waals surface area contributed by atoms with Crippen molar-refractivity contribution in [2.45, 2.75) is 111 Å². The first-order valence-corrected chi connectivity index (χ1v) is 15.3. The van der Waals surface area contributed by atoms with Crippen molar-refractivity contribution in [1.82, 2.24) is 14.9 Å². The summed E-state index contributed by atoms with van der Waals surface area (Å²) in [6.07, 6.45) is 17.6. The topological polar surface area (TPSA) is 46.9 Å².